The first-order valence-corrected chi connectivity index (χ1v) is 23.7. The number of hydrogen-bond donors (Lipinski definition) is 0. The average molecular weight is 883 g/mol. The van der Waals surface area contributed by atoms with Crippen molar-refractivity contribution in [3.63, 3.8) is 0 Å². The fourth-order valence-electron chi connectivity index (χ4n) is 10.7. The molecule has 12 aromatic rings. The van der Waals surface area contributed by atoms with Crippen molar-refractivity contribution in [3.05, 3.63) is 254 Å². The first-order valence-electron chi connectivity index (χ1n) is 23.7. The van der Waals surface area contributed by atoms with Crippen molar-refractivity contribution in [3.8, 4) is 61.7 Å². The summed E-state index contributed by atoms with van der Waals surface area (Å²) >= 11 is 0. The Morgan fingerprint density at radius 3 is 1.61 bits per heavy atom. The highest BCUT2D eigenvalue weighted by atomic mass is 15.1. The van der Waals surface area contributed by atoms with Gasteiger partial charge in [-0.15, -0.1) is 0 Å². The fourth-order valence-corrected chi connectivity index (χ4v) is 10.7. The molecule has 1 aliphatic carbocycles. The minimum Gasteiger partial charge on any atom is -0.310 e. The molecule has 0 fully saturated rings. The van der Waals surface area contributed by atoms with E-state index in [1.165, 1.54) is 49.9 Å². The molecule has 0 saturated heterocycles. The van der Waals surface area contributed by atoms with Gasteiger partial charge in [-0.05, 0) is 123 Å². The lowest BCUT2D eigenvalue weighted by Crippen LogP contribution is -2.16. The van der Waals surface area contributed by atoms with Gasteiger partial charge >= 0.3 is 0 Å². The molecule has 0 N–H and O–H groups in total. The number of nitrogens with zero attached hydrogens (tertiary/aromatic N) is 4. The molecule has 2 aromatic heterocycles. The van der Waals surface area contributed by atoms with Gasteiger partial charge in [-0.25, -0.2) is 9.97 Å². The van der Waals surface area contributed by atoms with Crippen LogP contribution in [0.4, 0.5) is 17.1 Å². The summed E-state index contributed by atoms with van der Waals surface area (Å²) in [7, 11) is 0. The predicted molar refractivity (Wildman–Crippen MR) is 288 cm³/mol. The highest BCUT2D eigenvalue weighted by Crippen LogP contribution is 2.51. The third-order valence-electron chi connectivity index (χ3n) is 14.2. The van der Waals surface area contributed by atoms with Crippen LogP contribution in [0.15, 0.2) is 243 Å². The summed E-state index contributed by atoms with van der Waals surface area (Å²) in [5, 5.41) is 3.36. The molecule has 0 radical (unpaired) electrons. The lowest BCUT2D eigenvalue weighted by Gasteiger charge is -2.28. The van der Waals surface area contributed by atoms with E-state index in [0.29, 0.717) is 5.82 Å². The second-order valence-electron chi connectivity index (χ2n) is 18.6. The lowest BCUT2D eigenvalue weighted by molar-refractivity contribution is 0.660. The van der Waals surface area contributed by atoms with Gasteiger partial charge in [0.15, 0.2) is 5.82 Å². The molecule has 0 amide bonds. The van der Waals surface area contributed by atoms with Crippen LogP contribution in [0.2, 0.25) is 0 Å². The summed E-state index contributed by atoms with van der Waals surface area (Å²) in [4.78, 5) is 12.9. The molecule has 10 aromatic carbocycles. The number of fused-ring (bicyclic) bond motifs is 7. The van der Waals surface area contributed by atoms with Crippen molar-refractivity contribution >= 4 is 49.8 Å². The van der Waals surface area contributed by atoms with Gasteiger partial charge in [-0.3, -0.25) is 0 Å². The molecule has 2 heterocycles. The number of anilines is 3. The Balaban J connectivity index is 0.896. The SMILES string of the molecule is CC1(C)c2ccccc2-c2ccc(N(c3ccc(-c4ccccc4)cc3)c3ccc(-n4c5ccccc5c5cc(-c6nc(-c7ccc(-c8ccccc8)cc7)c7ccccc7n6)ccc54)cc3)cc21. The largest absolute Gasteiger partial charge is 0.310 e. The molecule has 0 spiro atoms. The zero-order valence-electron chi connectivity index (χ0n) is 38.4. The van der Waals surface area contributed by atoms with Gasteiger partial charge in [0.1, 0.15) is 0 Å². The molecule has 13 rings (SSSR count). The molecule has 0 saturated carbocycles. The van der Waals surface area contributed by atoms with Crippen LogP contribution >= 0.6 is 0 Å². The Hall–Kier alpha value is -8.86. The van der Waals surface area contributed by atoms with E-state index < -0.39 is 0 Å². The van der Waals surface area contributed by atoms with Crippen molar-refractivity contribution < 1.29 is 0 Å². The summed E-state index contributed by atoms with van der Waals surface area (Å²) < 4.78 is 2.38. The molecule has 0 aliphatic heterocycles. The van der Waals surface area contributed by atoms with Crippen LogP contribution in [0.3, 0.4) is 0 Å². The van der Waals surface area contributed by atoms with Crippen molar-refractivity contribution in [1.29, 1.82) is 0 Å². The molecular formula is C65H46N4. The standard InChI is InChI=1S/C65H46N4/c1-65(2)58-22-12-9-19-53(58)54-39-38-52(42-59(54)65)68(49-32-29-46(30-33-49)44-17-7-4-8-18-44)50-34-36-51(37-35-50)69-61-24-14-11-20-55(61)57-41-48(31-40-62(57)69)64-66-60-23-13-10-21-56(60)63(67-64)47-27-25-45(26-28-47)43-15-5-3-6-16-43/h3-42H,1-2H3. The van der Waals surface area contributed by atoms with Crippen LogP contribution in [-0.2, 0) is 5.41 Å². The number of benzene rings is 10. The van der Waals surface area contributed by atoms with Gasteiger partial charge < -0.3 is 9.47 Å². The second kappa shape index (κ2) is 16.2. The van der Waals surface area contributed by atoms with Gasteiger partial charge in [0, 0.05) is 55.5 Å². The summed E-state index contributed by atoms with van der Waals surface area (Å²) in [6, 6.07) is 87.4. The highest BCUT2D eigenvalue weighted by Gasteiger charge is 2.35. The minimum absolute atomic E-state index is 0.122. The quantitative estimate of drug-likeness (QED) is 0.152. The average Bonchev–Trinajstić information content (AvgIpc) is 3.86. The van der Waals surface area contributed by atoms with Crippen molar-refractivity contribution in [2.75, 3.05) is 4.90 Å². The van der Waals surface area contributed by atoms with Gasteiger partial charge in [0.25, 0.3) is 0 Å². The number of rotatable bonds is 8. The highest BCUT2D eigenvalue weighted by molar-refractivity contribution is 6.10. The Labute approximate surface area is 402 Å². The summed E-state index contributed by atoms with van der Waals surface area (Å²) in [6.07, 6.45) is 0. The van der Waals surface area contributed by atoms with Crippen molar-refractivity contribution in [1.82, 2.24) is 14.5 Å². The van der Waals surface area contributed by atoms with Crippen LogP contribution in [0.5, 0.6) is 0 Å². The molecular weight excluding hydrogens is 837 g/mol. The Morgan fingerprint density at radius 2 is 0.884 bits per heavy atom. The predicted octanol–water partition coefficient (Wildman–Crippen LogP) is 17.2. The van der Waals surface area contributed by atoms with Crippen LogP contribution < -0.4 is 4.90 Å². The van der Waals surface area contributed by atoms with E-state index in [1.54, 1.807) is 0 Å². The van der Waals surface area contributed by atoms with Crippen LogP contribution in [-0.4, -0.2) is 14.5 Å². The molecule has 4 nitrogen and oxygen atoms in total. The van der Waals surface area contributed by atoms with E-state index in [2.05, 4.69) is 266 Å². The summed E-state index contributed by atoms with van der Waals surface area (Å²) in [6.45, 7) is 4.70. The maximum absolute atomic E-state index is 5.31. The maximum Gasteiger partial charge on any atom is 0.160 e. The first kappa shape index (κ1) is 40.4. The van der Waals surface area contributed by atoms with Crippen LogP contribution in [0.25, 0.3) is 94.4 Å². The monoisotopic (exact) mass is 882 g/mol. The third-order valence-corrected chi connectivity index (χ3v) is 14.2. The van der Waals surface area contributed by atoms with Gasteiger partial charge in [0.05, 0.1) is 22.2 Å². The molecule has 326 valence electrons. The van der Waals surface area contributed by atoms with E-state index in [1.807, 2.05) is 0 Å². The third kappa shape index (κ3) is 6.83. The van der Waals surface area contributed by atoms with Gasteiger partial charge in [-0.1, -0.05) is 178 Å². The molecule has 69 heavy (non-hydrogen) atoms. The Morgan fingerprint density at radius 1 is 0.362 bits per heavy atom. The number of hydrogen-bond acceptors (Lipinski definition) is 3. The van der Waals surface area contributed by atoms with Gasteiger partial charge in [-0.2, -0.15) is 0 Å². The van der Waals surface area contributed by atoms with E-state index in [0.717, 1.165) is 66.9 Å². The van der Waals surface area contributed by atoms with Crippen molar-refractivity contribution in [2.45, 2.75) is 19.3 Å². The van der Waals surface area contributed by atoms with E-state index in [-0.39, 0.29) is 5.41 Å². The molecule has 1 aliphatic rings. The topological polar surface area (TPSA) is 34.0 Å². The van der Waals surface area contributed by atoms with E-state index in [9.17, 15) is 0 Å². The van der Waals surface area contributed by atoms with E-state index in [4.69, 9.17) is 9.97 Å². The number of para-hydroxylation sites is 2. The Bertz CT molecular complexity index is 3890. The maximum atomic E-state index is 5.31. The normalized spacial score (nSPS) is 12.6. The smallest absolute Gasteiger partial charge is 0.160 e. The summed E-state index contributed by atoms with van der Waals surface area (Å²) in [5.41, 5.74) is 20.5. The fraction of sp³-hybridized carbons (Fsp3) is 0.0462. The summed E-state index contributed by atoms with van der Waals surface area (Å²) in [5.74, 6) is 0.703. The molecule has 0 unspecified atom stereocenters. The minimum atomic E-state index is -0.122. The lowest BCUT2D eigenvalue weighted by atomic mass is 9.82. The van der Waals surface area contributed by atoms with E-state index >= 15 is 0 Å². The second-order valence-corrected chi connectivity index (χ2v) is 18.6. The van der Waals surface area contributed by atoms with Crippen molar-refractivity contribution in [2.24, 2.45) is 0 Å². The zero-order chi connectivity index (χ0) is 46.1. The first-order chi connectivity index (χ1) is 34.0. The van der Waals surface area contributed by atoms with Crippen LogP contribution in [0.1, 0.15) is 25.0 Å². The molecule has 0 bridgehead atoms. The Kier molecular flexibility index (Phi) is 9.48. The molecule has 4 heteroatoms. The van der Waals surface area contributed by atoms with Crippen LogP contribution in [0, 0.1) is 0 Å². The molecule has 0 atom stereocenters. The van der Waals surface area contributed by atoms with Gasteiger partial charge in [0.2, 0.25) is 0 Å². The zero-order valence-corrected chi connectivity index (χ0v) is 38.4. The number of aromatic nitrogens is 3.